The molecule has 0 fully saturated rings. The molecule has 0 spiro atoms. The number of benzene rings is 3. The predicted molar refractivity (Wildman–Crippen MR) is 133 cm³/mol. The third-order valence-corrected chi connectivity index (χ3v) is 8.18. The summed E-state index contributed by atoms with van der Waals surface area (Å²) in [6.07, 6.45) is 2.25. The SMILES string of the molecule is Cc1ccc(C)c(S(=O)(=O)N(CCc2ccccc2)CC(=O)Nc2ccc3sncc3c2)c1. The van der Waals surface area contributed by atoms with Crippen LogP contribution in [0.3, 0.4) is 0 Å². The molecule has 4 rings (SSSR count). The van der Waals surface area contributed by atoms with E-state index >= 15 is 0 Å². The Morgan fingerprint density at radius 3 is 2.61 bits per heavy atom. The van der Waals surface area contributed by atoms with Crippen LogP contribution in [0.25, 0.3) is 10.1 Å². The molecule has 1 heterocycles. The van der Waals surface area contributed by atoms with E-state index in [1.165, 1.54) is 15.8 Å². The molecule has 0 radical (unpaired) electrons. The Morgan fingerprint density at radius 2 is 1.82 bits per heavy atom. The maximum absolute atomic E-state index is 13.6. The standard InChI is InChI=1S/C25H25N3O3S2/c1-18-8-9-19(2)24(14-18)33(30,31)28(13-12-20-6-4-3-5-7-20)17-25(29)27-22-10-11-23-21(15-22)16-26-32-23/h3-11,14-16H,12-13,17H2,1-2H3,(H,27,29). The van der Waals surface area contributed by atoms with Gasteiger partial charge in [0.25, 0.3) is 0 Å². The highest BCUT2D eigenvalue weighted by molar-refractivity contribution is 7.89. The third-order valence-electron chi connectivity index (χ3n) is 5.41. The summed E-state index contributed by atoms with van der Waals surface area (Å²) >= 11 is 1.38. The predicted octanol–water partition coefficient (Wildman–Crippen LogP) is 4.79. The van der Waals surface area contributed by atoms with Crippen LogP contribution >= 0.6 is 11.5 Å². The maximum atomic E-state index is 13.6. The van der Waals surface area contributed by atoms with E-state index in [9.17, 15) is 13.2 Å². The zero-order valence-corrected chi connectivity index (χ0v) is 20.1. The number of sulfonamides is 1. The quantitative estimate of drug-likeness (QED) is 0.394. The number of fused-ring (bicyclic) bond motifs is 1. The van der Waals surface area contributed by atoms with Crippen molar-refractivity contribution in [3.8, 4) is 0 Å². The van der Waals surface area contributed by atoms with Crippen LogP contribution in [0.5, 0.6) is 0 Å². The van der Waals surface area contributed by atoms with Gasteiger partial charge in [-0.1, -0.05) is 42.5 Å². The van der Waals surface area contributed by atoms with Crippen LogP contribution in [-0.4, -0.2) is 36.1 Å². The van der Waals surface area contributed by atoms with E-state index in [1.54, 1.807) is 31.3 Å². The molecule has 1 amide bonds. The van der Waals surface area contributed by atoms with Gasteiger partial charge in [-0.2, -0.15) is 8.68 Å². The molecular weight excluding hydrogens is 454 g/mol. The van der Waals surface area contributed by atoms with Crippen LogP contribution in [-0.2, 0) is 21.2 Å². The lowest BCUT2D eigenvalue weighted by Gasteiger charge is -2.23. The summed E-state index contributed by atoms with van der Waals surface area (Å²) in [7, 11) is -3.87. The molecule has 8 heteroatoms. The van der Waals surface area contributed by atoms with E-state index in [0.29, 0.717) is 17.7 Å². The number of amides is 1. The van der Waals surface area contributed by atoms with Gasteiger partial charge in [0, 0.05) is 23.8 Å². The fourth-order valence-electron chi connectivity index (χ4n) is 3.62. The van der Waals surface area contributed by atoms with E-state index < -0.39 is 10.0 Å². The van der Waals surface area contributed by atoms with E-state index in [-0.39, 0.29) is 23.9 Å². The molecule has 0 bridgehead atoms. The lowest BCUT2D eigenvalue weighted by molar-refractivity contribution is -0.116. The molecule has 0 saturated carbocycles. The van der Waals surface area contributed by atoms with Crippen LogP contribution in [0.4, 0.5) is 5.69 Å². The van der Waals surface area contributed by atoms with Gasteiger partial charge in [-0.05, 0) is 72.8 Å². The molecule has 0 aliphatic rings. The highest BCUT2D eigenvalue weighted by Gasteiger charge is 2.28. The van der Waals surface area contributed by atoms with Crippen LogP contribution < -0.4 is 5.32 Å². The van der Waals surface area contributed by atoms with Crippen molar-refractivity contribution in [1.29, 1.82) is 0 Å². The fourth-order valence-corrected chi connectivity index (χ4v) is 5.95. The van der Waals surface area contributed by atoms with Crippen molar-refractivity contribution in [3.63, 3.8) is 0 Å². The normalized spacial score (nSPS) is 11.7. The van der Waals surface area contributed by atoms with Gasteiger partial charge >= 0.3 is 0 Å². The van der Waals surface area contributed by atoms with Crippen molar-refractivity contribution < 1.29 is 13.2 Å². The molecule has 170 valence electrons. The molecule has 3 aromatic carbocycles. The third kappa shape index (κ3) is 5.47. The Bertz CT molecular complexity index is 1380. The van der Waals surface area contributed by atoms with Gasteiger partial charge in [-0.15, -0.1) is 0 Å². The molecule has 0 aliphatic heterocycles. The fraction of sp³-hybridized carbons (Fsp3) is 0.200. The molecule has 6 nitrogen and oxygen atoms in total. The first kappa shape index (κ1) is 23.1. The van der Waals surface area contributed by atoms with Crippen molar-refractivity contribution in [3.05, 3.63) is 89.6 Å². The highest BCUT2D eigenvalue weighted by Crippen LogP contribution is 2.24. The lowest BCUT2D eigenvalue weighted by Crippen LogP contribution is -2.39. The minimum Gasteiger partial charge on any atom is -0.325 e. The van der Waals surface area contributed by atoms with Crippen molar-refractivity contribution in [1.82, 2.24) is 8.68 Å². The Kier molecular flexibility index (Phi) is 6.88. The van der Waals surface area contributed by atoms with Gasteiger partial charge in [0.2, 0.25) is 15.9 Å². The molecule has 0 atom stereocenters. The number of hydrogen-bond acceptors (Lipinski definition) is 5. The van der Waals surface area contributed by atoms with E-state index in [1.807, 2.05) is 55.5 Å². The summed E-state index contributed by atoms with van der Waals surface area (Å²) < 4.78 is 33.6. The van der Waals surface area contributed by atoms with Gasteiger partial charge in [0.05, 0.1) is 16.1 Å². The Balaban J connectivity index is 1.58. The summed E-state index contributed by atoms with van der Waals surface area (Å²) in [6.45, 7) is 3.55. The second-order valence-electron chi connectivity index (χ2n) is 7.97. The molecule has 1 aromatic heterocycles. The smallest absolute Gasteiger partial charge is 0.243 e. The number of carbonyl (C=O) groups is 1. The Hall–Kier alpha value is -3.07. The zero-order valence-electron chi connectivity index (χ0n) is 18.5. The first-order chi connectivity index (χ1) is 15.8. The van der Waals surface area contributed by atoms with Crippen molar-refractivity contribution in [2.75, 3.05) is 18.4 Å². The molecule has 0 saturated heterocycles. The molecule has 4 aromatic rings. The zero-order chi connectivity index (χ0) is 23.4. The first-order valence-corrected chi connectivity index (χ1v) is 12.8. The summed E-state index contributed by atoms with van der Waals surface area (Å²) in [5, 5.41) is 3.77. The monoisotopic (exact) mass is 479 g/mol. The number of rotatable bonds is 8. The van der Waals surface area contributed by atoms with E-state index in [2.05, 4.69) is 9.69 Å². The van der Waals surface area contributed by atoms with Crippen LogP contribution in [0.1, 0.15) is 16.7 Å². The number of aryl methyl sites for hydroxylation is 2. The van der Waals surface area contributed by atoms with Crippen LogP contribution in [0.15, 0.2) is 77.8 Å². The molecule has 33 heavy (non-hydrogen) atoms. The maximum Gasteiger partial charge on any atom is 0.243 e. The number of nitrogens with one attached hydrogen (secondary N) is 1. The number of aromatic nitrogens is 1. The van der Waals surface area contributed by atoms with Crippen LogP contribution in [0, 0.1) is 13.8 Å². The van der Waals surface area contributed by atoms with Gasteiger partial charge in [0.1, 0.15) is 0 Å². The summed E-state index contributed by atoms with van der Waals surface area (Å²) in [6, 6.07) is 20.5. The number of hydrogen-bond donors (Lipinski definition) is 1. The minimum atomic E-state index is -3.87. The second kappa shape index (κ2) is 9.82. The number of carbonyl (C=O) groups excluding carboxylic acids is 1. The lowest BCUT2D eigenvalue weighted by atomic mass is 10.1. The topological polar surface area (TPSA) is 79.4 Å². The van der Waals surface area contributed by atoms with Gasteiger partial charge in [-0.3, -0.25) is 4.79 Å². The average Bonchev–Trinajstić information content (AvgIpc) is 3.26. The number of nitrogens with zero attached hydrogens (tertiary/aromatic N) is 2. The van der Waals surface area contributed by atoms with E-state index in [0.717, 1.165) is 21.2 Å². The van der Waals surface area contributed by atoms with Crippen LogP contribution in [0.2, 0.25) is 0 Å². The van der Waals surface area contributed by atoms with Gasteiger partial charge < -0.3 is 5.32 Å². The molecular formula is C25H25N3O3S2. The van der Waals surface area contributed by atoms with Crippen molar-refractivity contribution in [2.45, 2.75) is 25.2 Å². The Morgan fingerprint density at radius 1 is 1.03 bits per heavy atom. The average molecular weight is 480 g/mol. The first-order valence-electron chi connectivity index (χ1n) is 10.6. The highest BCUT2D eigenvalue weighted by atomic mass is 32.2. The van der Waals surface area contributed by atoms with Crippen molar-refractivity contribution in [2.24, 2.45) is 0 Å². The summed E-state index contributed by atoms with van der Waals surface area (Å²) in [5.74, 6) is -0.389. The number of anilines is 1. The largest absolute Gasteiger partial charge is 0.325 e. The van der Waals surface area contributed by atoms with E-state index in [4.69, 9.17) is 0 Å². The van der Waals surface area contributed by atoms with Gasteiger partial charge in [0.15, 0.2) is 0 Å². The van der Waals surface area contributed by atoms with Crippen molar-refractivity contribution >= 4 is 43.2 Å². The van der Waals surface area contributed by atoms with Gasteiger partial charge in [-0.25, -0.2) is 8.42 Å². The molecule has 0 unspecified atom stereocenters. The second-order valence-corrected chi connectivity index (χ2v) is 10.7. The summed E-state index contributed by atoms with van der Waals surface area (Å²) in [4.78, 5) is 13.1. The summed E-state index contributed by atoms with van der Waals surface area (Å²) in [5.41, 5.74) is 3.12. The Labute approximate surface area is 198 Å². The molecule has 1 N–H and O–H groups in total. The minimum absolute atomic E-state index is 0.195. The molecule has 0 aliphatic carbocycles.